The molecule has 4 rings (SSSR count). The number of pyridine rings is 2. The molecule has 166 valence electrons. The third-order valence-corrected chi connectivity index (χ3v) is 5.07. The Labute approximate surface area is 181 Å². The van der Waals surface area contributed by atoms with Gasteiger partial charge in [-0.05, 0) is 35.9 Å². The summed E-state index contributed by atoms with van der Waals surface area (Å²) in [6.45, 7) is 2.57. The number of hydrogen-bond donors (Lipinski definition) is 1. The molecule has 32 heavy (non-hydrogen) atoms. The van der Waals surface area contributed by atoms with Crippen molar-refractivity contribution in [2.75, 3.05) is 31.2 Å². The molecule has 0 saturated carbocycles. The molecule has 2 aliphatic rings. The maximum atomic E-state index is 12.9. The summed E-state index contributed by atoms with van der Waals surface area (Å²) >= 11 is 0. The first-order chi connectivity index (χ1) is 15.3. The van der Waals surface area contributed by atoms with Crippen LogP contribution in [0.4, 0.5) is 19.0 Å². The largest absolute Gasteiger partial charge is 0.433 e. The van der Waals surface area contributed by atoms with Crippen LogP contribution in [-0.4, -0.2) is 48.0 Å². The van der Waals surface area contributed by atoms with Gasteiger partial charge < -0.3 is 15.0 Å². The molecule has 1 aliphatic heterocycles. The molecule has 0 unspecified atom stereocenters. The number of Topliss-reactive ketones (excluding diaryl/α,β-unsaturated/α-hetero) is 1. The molecule has 1 aliphatic carbocycles. The summed E-state index contributed by atoms with van der Waals surface area (Å²) in [7, 11) is 0. The zero-order valence-corrected chi connectivity index (χ0v) is 16.9. The minimum Gasteiger partial charge on any atom is -0.378 e. The van der Waals surface area contributed by atoms with Gasteiger partial charge in [0.1, 0.15) is 11.5 Å². The van der Waals surface area contributed by atoms with Gasteiger partial charge in [-0.3, -0.25) is 14.6 Å². The lowest BCUT2D eigenvalue weighted by molar-refractivity contribution is -0.141. The fraction of sp³-hybridized carbons (Fsp3) is 0.273. The Bertz CT molecular complexity index is 1110. The molecule has 2 aromatic heterocycles. The third kappa shape index (κ3) is 4.86. The van der Waals surface area contributed by atoms with Crippen LogP contribution in [0.5, 0.6) is 0 Å². The molecule has 0 aromatic carbocycles. The third-order valence-electron chi connectivity index (χ3n) is 5.07. The molecule has 1 amide bonds. The number of aromatic nitrogens is 2. The van der Waals surface area contributed by atoms with E-state index in [2.05, 4.69) is 20.2 Å². The number of allylic oxidation sites excluding steroid dienone is 3. The lowest BCUT2D eigenvalue weighted by atomic mass is 9.95. The van der Waals surface area contributed by atoms with Crippen LogP contribution < -0.4 is 10.2 Å². The van der Waals surface area contributed by atoms with Gasteiger partial charge in [-0.15, -0.1) is 0 Å². The zero-order chi connectivity index (χ0) is 22.7. The first-order valence-electron chi connectivity index (χ1n) is 9.90. The highest BCUT2D eigenvalue weighted by Gasteiger charge is 2.33. The summed E-state index contributed by atoms with van der Waals surface area (Å²) in [5, 5.41) is 2.57. The van der Waals surface area contributed by atoms with Crippen LogP contribution in [0, 0.1) is 0 Å². The highest BCUT2D eigenvalue weighted by Crippen LogP contribution is 2.28. The second kappa shape index (κ2) is 8.91. The molecule has 7 nitrogen and oxygen atoms in total. The van der Waals surface area contributed by atoms with Crippen molar-refractivity contribution in [2.45, 2.75) is 12.6 Å². The number of alkyl halides is 3. The molecule has 1 fully saturated rings. The predicted molar refractivity (Wildman–Crippen MR) is 110 cm³/mol. The number of ether oxygens (including phenoxy) is 1. The zero-order valence-electron chi connectivity index (χ0n) is 16.9. The average molecular weight is 444 g/mol. The SMILES string of the molecule is O=C1CC=C(NC(=O)c2ccnc(C(F)(F)F)c2)C=C1c1ccnc(N2CCOCC2)c1. The summed E-state index contributed by atoms with van der Waals surface area (Å²) in [4.78, 5) is 34.7. The predicted octanol–water partition coefficient (Wildman–Crippen LogP) is 3.00. The van der Waals surface area contributed by atoms with Gasteiger partial charge in [0.15, 0.2) is 5.78 Å². The van der Waals surface area contributed by atoms with Crippen LogP contribution >= 0.6 is 0 Å². The van der Waals surface area contributed by atoms with Gasteiger partial charge in [0.05, 0.1) is 13.2 Å². The second-order valence-electron chi connectivity index (χ2n) is 7.23. The maximum Gasteiger partial charge on any atom is 0.433 e. The Balaban J connectivity index is 1.54. The average Bonchev–Trinajstić information content (AvgIpc) is 2.80. The molecule has 2 aromatic rings. The number of rotatable bonds is 4. The van der Waals surface area contributed by atoms with E-state index in [-0.39, 0.29) is 17.8 Å². The number of morpholine rings is 1. The number of nitrogens with zero attached hydrogens (tertiary/aromatic N) is 3. The van der Waals surface area contributed by atoms with Gasteiger partial charge in [0.25, 0.3) is 5.91 Å². The molecular weight excluding hydrogens is 425 g/mol. The molecular formula is C22H19F3N4O3. The Morgan fingerprint density at radius 3 is 2.59 bits per heavy atom. The monoisotopic (exact) mass is 444 g/mol. The van der Waals surface area contributed by atoms with Gasteiger partial charge in [0.2, 0.25) is 0 Å². The number of ketones is 1. The van der Waals surface area contributed by atoms with Crippen molar-refractivity contribution in [3.8, 4) is 0 Å². The smallest absolute Gasteiger partial charge is 0.378 e. The first-order valence-corrected chi connectivity index (χ1v) is 9.90. The summed E-state index contributed by atoms with van der Waals surface area (Å²) in [6, 6.07) is 5.39. The Kier molecular flexibility index (Phi) is 6.04. The van der Waals surface area contributed by atoms with Crippen molar-refractivity contribution in [3.05, 3.63) is 71.3 Å². The van der Waals surface area contributed by atoms with E-state index >= 15 is 0 Å². The highest BCUT2D eigenvalue weighted by molar-refractivity contribution is 6.22. The molecule has 1 N–H and O–H groups in total. The number of halogens is 3. The highest BCUT2D eigenvalue weighted by atomic mass is 19.4. The lowest BCUT2D eigenvalue weighted by Gasteiger charge is -2.28. The fourth-order valence-corrected chi connectivity index (χ4v) is 3.42. The van der Waals surface area contributed by atoms with E-state index in [9.17, 15) is 22.8 Å². The fourth-order valence-electron chi connectivity index (χ4n) is 3.42. The van der Waals surface area contributed by atoms with E-state index in [0.29, 0.717) is 49.2 Å². The molecule has 0 bridgehead atoms. The Morgan fingerprint density at radius 1 is 1.09 bits per heavy atom. The Hall–Kier alpha value is -3.53. The van der Waals surface area contributed by atoms with E-state index in [1.807, 2.05) is 0 Å². The van der Waals surface area contributed by atoms with Gasteiger partial charge in [-0.1, -0.05) is 6.08 Å². The van der Waals surface area contributed by atoms with Crippen molar-refractivity contribution < 1.29 is 27.5 Å². The van der Waals surface area contributed by atoms with E-state index in [0.717, 1.165) is 12.0 Å². The normalized spacial score (nSPS) is 17.0. The van der Waals surface area contributed by atoms with Crippen LogP contribution in [0.2, 0.25) is 0 Å². The Morgan fingerprint density at radius 2 is 1.84 bits per heavy atom. The van der Waals surface area contributed by atoms with Crippen molar-refractivity contribution in [2.24, 2.45) is 0 Å². The first kappa shape index (κ1) is 21.7. The molecule has 0 spiro atoms. The standard InChI is InChI=1S/C22H19F3N4O3/c23-22(24,25)19-11-15(4-5-26-19)21(31)28-16-1-2-18(30)17(13-16)14-3-6-27-20(12-14)29-7-9-32-10-8-29/h1,3-6,11-13H,2,7-10H2,(H,28,31). The van der Waals surface area contributed by atoms with Crippen LogP contribution in [0.3, 0.4) is 0 Å². The molecule has 1 saturated heterocycles. The van der Waals surface area contributed by atoms with Crippen LogP contribution in [0.15, 0.2) is 54.5 Å². The number of carbonyl (C=O) groups excluding carboxylic acids is 2. The minimum absolute atomic E-state index is 0.0564. The van der Waals surface area contributed by atoms with Crippen LogP contribution in [-0.2, 0) is 15.7 Å². The quantitative estimate of drug-likeness (QED) is 0.781. The number of amides is 1. The molecule has 0 radical (unpaired) electrons. The summed E-state index contributed by atoms with van der Waals surface area (Å²) in [6.07, 6.45) is 0.996. The van der Waals surface area contributed by atoms with Crippen LogP contribution in [0.1, 0.15) is 28.0 Å². The summed E-state index contributed by atoms with van der Waals surface area (Å²) in [5.74, 6) is -0.140. The number of nitrogens with one attached hydrogen (secondary N) is 1. The van der Waals surface area contributed by atoms with E-state index < -0.39 is 17.8 Å². The topological polar surface area (TPSA) is 84.4 Å². The van der Waals surface area contributed by atoms with E-state index in [4.69, 9.17) is 4.74 Å². The number of hydrogen-bond acceptors (Lipinski definition) is 6. The van der Waals surface area contributed by atoms with Crippen molar-refractivity contribution in [1.29, 1.82) is 0 Å². The van der Waals surface area contributed by atoms with E-state index in [1.165, 1.54) is 18.2 Å². The van der Waals surface area contributed by atoms with Gasteiger partial charge >= 0.3 is 6.18 Å². The lowest BCUT2D eigenvalue weighted by Crippen LogP contribution is -2.36. The van der Waals surface area contributed by atoms with Crippen molar-refractivity contribution in [1.82, 2.24) is 15.3 Å². The molecule has 10 heteroatoms. The van der Waals surface area contributed by atoms with Crippen molar-refractivity contribution in [3.63, 3.8) is 0 Å². The second-order valence-corrected chi connectivity index (χ2v) is 7.23. The minimum atomic E-state index is -4.65. The van der Waals surface area contributed by atoms with E-state index in [1.54, 1.807) is 18.3 Å². The summed E-state index contributed by atoms with van der Waals surface area (Å²) in [5.41, 5.74) is 0.0416. The van der Waals surface area contributed by atoms with Gasteiger partial charge in [-0.25, -0.2) is 4.98 Å². The molecule has 0 atom stereocenters. The molecule has 3 heterocycles. The van der Waals surface area contributed by atoms with Gasteiger partial charge in [0, 0.05) is 48.7 Å². The van der Waals surface area contributed by atoms with Crippen LogP contribution in [0.25, 0.3) is 5.57 Å². The van der Waals surface area contributed by atoms with Gasteiger partial charge in [-0.2, -0.15) is 13.2 Å². The summed E-state index contributed by atoms with van der Waals surface area (Å²) < 4.78 is 44.0. The maximum absolute atomic E-state index is 12.9. The van der Waals surface area contributed by atoms with Crippen molar-refractivity contribution >= 4 is 23.1 Å². The number of carbonyl (C=O) groups is 2. The number of anilines is 1.